The number of likely N-dealkylation sites (tertiary alicyclic amines) is 1. The lowest BCUT2D eigenvalue weighted by molar-refractivity contribution is 0.0375. The van der Waals surface area contributed by atoms with E-state index in [2.05, 4.69) is 15.1 Å². The lowest BCUT2D eigenvalue weighted by Gasteiger charge is -2.38. The van der Waals surface area contributed by atoms with Crippen molar-refractivity contribution in [2.45, 2.75) is 12.5 Å². The molecule has 1 fully saturated rings. The molecule has 0 spiro atoms. The predicted molar refractivity (Wildman–Crippen MR) is 88.9 cm³/mol. The zero-order valence-electron chi connectivity index (χ0n) is 13.6. The van der Waals surface area contributed by atoms with Gasteiger partial charge in [-0.15, -0.1) is 0 Å². The van der Waals surface area contributed by atoms with Crippen molar-refractivity contribution in [1.82, 2.24) is 20.0 Å². The van der Waals surface area contributed by atoms with E-state index in [1.165, 1.54) is 0 Å². The molecule has 1 aliphatic rings. The highest BCUT2D eigenvalue weighted by Crippen LogP contribution is 2.35. The van der Waals surface area contributed by atoms with Gasteiger partial charge < -0.3 is 14.2 Å². The molecule has 2 aromatic heterocycles. The second-order valence-electron chi connectivity index (χ2n) is 5.70. The zero-order chi connectivity index (χ0) is 17.2. The fourth-order valence-electron chi connectivity index (χ4n) is 2.85. The second-order valence-corrected chi connectivity index (χ2v) is 5.70. The maximum absolute atomic E-state index is 12.8. The van der Waals surface area contributed by atoms with Gasteiger partial charge in [0.15, 0.2) is 0 Å². The van der Waals surface area contributed by atoms with Crippen LogP contribution in [0.1, 0.15) is 28.7 Å². The molecular formula is C18H16N4O3. The number of para-hydroxylation sites is 1. The van der Waals surface area contributed by atoms with Crippen LogP contribution in [0.2, 0.25) is 0 Å². The number of hydrogen-bond donors (Lipinski definition) is 0. The zero-order valence-corrected chi connectivity index (χ0v) is 13.6. The smallest absolute Gasteiger partial charge is 0.258 e. The molecule has 0 aliphatic carbocycles. The molecule has 1 aliphatic heterocycles. The van der Waals surface area contributed by atoms with Crippen molar-refractivity contribution in [2.75, 3.05) is 13.7 Å². The number of carbonyl (C=O) groups is 1. The van der Waals surface area contributed by atoms with Gasteiger partial charge in [-0.3, -0.25) is 9.78 Å². The number of aromatic nitrogens is 3. The highest BCUT2D eigenvalue weighted by Gasteiger charge is 2.38. The lowest BCUT2D eigenvalue weighted by Crippen LogP contribution is -2.45. The van der Waals surface area contributed by atoms with Crippen molar-refractivity contribution in [3.05, 3.63) is 60.2 Å². The average molecular weight is 336 g/mol. The molecule has 4 rings (SSSR count). The van der Waals surface area contributed by atoms with Crippen LogP contribution in [0.5, 0.6) is 5.75 Å². The summed E-state index contributed by atoms with van der Waals surface area (Å²) in [6.07, 6.45) is 4.15. The van der Waals surface area contributed by atoms with Gasteiger partial charge in [-0.2, -0.15) is 4.98 Å². The Morgan fingerprint density at radius 1 is 1.28 bits per heavy atom. The standard InChI is InChI=1S/C18H16N4O3/c1-24-15-7-3-2-6-13(15)18(23)22-10-8-14(22)17-20-16(21-25-17)12-5-4-9-19-11-12/h2-7,9,11,14H,8,10H2,1H3/t14-/m1/s1. The third-order valence-corrected chi connectivity index (χ3v) is 4.26. The molecule has 0 bridgehead atoms. The Labute approximate surface area is 144 Å². The number of benzene rings is 1. The van der Waals surface area contributed by atoms with E-state index >= 15 is 0 Å². The fraction of sp³-hybridized carbons (Fsp3) is 0.222. The summed E-state index contributed by atoms with van der Waals surface area (Å²) in [4.78, 5) is 23.0. The highest BCUT2D eigenvalue weighted by atomic mass is 16.5. The number of rotatable bonds is 4. The second kappa shape index (κ2) is 6.35. The minimum Gasteiger partial charge on any atom is -0.496 e. The molecule has 1 aromatic carbocycles. The summed E-state index contributed by atoms with van der Waals surface area (Å²) in [6, 6.07) is 10.6. The molecule has 1 saturated heterocycles. The third kappa shape index (κ3) is 2.73. The minimum atomic E-state index is -0.213. The Balaban J connectivity index is 1.57. The first kappa shape index (κ1) is 15.3. The maximum atomic E-state index is 12.8. The van der Waals surface area contributed by atoms with Gasteiger partial charge in [0.2, 0.25) is 11.7 Å². The Morgan fingerprint density at radius 2 is 2.16 bits per heavy atom. The van der Waals surface area contributed by atoms with Crippen molar-refractivity contribution < 1.29 is 14.1 Å². The normalized spacial score (nSPS) is 16.4. The van der Waals surface area contributed by atoms with Gasteiger partial charge in [0.1, 0.15) is 11.8 Å². The van der Waals surface area contributed by atoms with Gasteiger partial charge in [0.05, 0.1) is 12.7 Å². The van der Waals surface area contributed by atoms with Crippen LogP contribution in [-0.4, -0.2) is 39.6 Å². The van der Waals surface area contributed by atoms with Crippen LogP contribution in [0.3, 0.4) is 0 Å². The number of pyridine rings is 1. The summed E-state index contributed by atoms with van der Waals surface area (Å²) >= 11 is 0. The summed E-state index contributed by atoms with van der Waals surface area (Å²) in [5, 5.41) is 4.00. The molecule has 3 aromatic rings. The maximum Gasteiger partial charge on any atom is 0.258 e. The van der Waals surface area contributed by atoms with E-state index in [9.17, 15) is 4.79 Å². The Kier molecular flexibility index (Phi) is 3.89. The highest BCUT2D eigenvalue weighted by molar-refractivity contribution is 5.97. The molecule has 0 saturated carbocycles. The first-order valence-electron chi connectivity index (χ1n) is 7.96. The predicted octanol–water partition coefficient (Wildman–Crippen LogP) is 2.73. The van der Waals surface area contributed by atoms with Crippen molar-refractivity contribution in [2.24, 2.45) is 0 Å². The largest absolute Gasteiger partial charge is 0.496 e. The first-order chi connectivity index (χ1) is 12.3. The van der Waals surface area contributed by atoms with E-state index in [0.29, 0.717) is 29.6 Å². The number of nitrogens with zero attached hydrogens (tertiary/aromatic N) is 4. The molecular weight excluding hydrogens is 320 g/mol. The summed E-state index contributed by atoms with van der Waals surface area (Å²) in [5.74, 6) is 1.36. The third-order valence-electron chi connectivity index (χ3n) is 4.26. The number of ether oxygens (including phenoxy) is 1. The van der Waals surface area contributed by atoms with Crippen LogP contribution in [-0.2, 0) is 0 Å². The molecule has 1 amide bonds. The fourth-order valence-corrected chi connectivity index (χ4v) is 2.85. The minimum absolute atomic E-state index is 0.102. The van der Waals surface area contributed by atoms with Crippen LogP contribution in [0.15, 0.2) is 53.3 Å². The van der Waals surface area contributed by atoms with Gasteiger partial charge in [-0.1, -0.05) is 17.3 Å². The van der Waals surface area contributed by atoms with Gasteiger partial charge in [0.25, 0.3) is 5.91 Å². The Bertz CT molecular complexity index is 894. The molecule has 0 N–H and O–H groups in total. The van der Waals surface area contributed by atoms with Crippen molar-refractivity contribution in [3.8, 4) is 17.1 Å². The lowest BCUT2D eigenvalue weighted by atomic mass is 10.0. The molecule has 25 heavy (non-hydrogen) atoms. The van der Waals surface area contributed by atoms with E-state index in [4.69, 9.17) is 9.26 Å². The molecule has 7 nitrogen and oxygen atoms in total. The molecule has 0 radical (unpaired) electrons. The molecule has 7 heteroatoms. The summed E-state index contributed by atoms with van der Waals surface area (Å²) in [6.45, 7) is 0.645. The van der Waals surface area contributed by atoms with Gasteiger partial charge in [-0.25, -0.2) is 0 Å². The van der Waals surface area contributed by atoms with Crippen LogP contribution in [0.25, 0.3) is 11.4 Å². The summed E-state index contributed by atoms with van der Waals surface area (Å²) in [7, 11) is 1.55. The topological polar surface area (TPSA) is 81.4 Å². The number of methoxy groups -OCH3 is 1. The van der Waals surface area contributed by atoms with E-state index in [-0.39, 0.29) is 11.9 Å². The summed E-state index contributed by atoms with van der Waals surface area (Å²) in [5.41, 5.74) is 1.31. The number of carbonyl (C=O) groups excluding carboxylic acids is 1. The van der Waals surface area contributed by atoms with Crippen LogP contribution in [0.4, 0.5) is 0 Å². The SMILES string of the molecule is COc1ccccc1C(=O)N1CC[C@@H]1c1nc(-c2cccnc2)no1. The van der Waals surface area contributed by atoms with Crippen molar-refractivity contribution in [3.63, 3.8) is 0 Å². The average Bonchev–Trinajstić information content (AvgIpc) is 3.10. The van der Waals surface area contributed by atoms with Crippen molar-refractivity contribution >= 4 is 5.91 Å². The van der Waals surface area contributed by atoms with Crippen LogP contribution in [0, 0.1) is 0 Å². The van der Waals surface area contributed by atoms with E-state index in [0.717, 1.165) is 12.0 Å². The van der Waals surface area contributed by atoms with Crippen LogP contribution < -0.4 is 4.74 Å². The van der Waals surface area contributed by atoms with Gasteiger partial charge >= 0.3 is 0 Å². The Morgan fingerprint density at radius 3 is 2.88 bits per heavy atom. The van der Waals surface area contributed by atoms with Gasteiger partial charge in [0, 0.05) is 24.5 Å². The monoisotopic (exact) mass is 336 g/mol. The summed E-state index contributed by atoms with van der Waals surface area (Å²) < 4.78 is 10.7. The molecule has 3 heterocycles. The van der Waals surface area contributed by atoms with Gasteiger partial charge in [-0.05, 0) is 30.7 Å². The first-order valence-corrected chi connectivity index (χ1v) is 7.96. The quantitative estimate of drug-likeness (QED) is 0.729. The molecule has 126 valence electrons. The number of hydrogen-bond acceptors (Lipinski definition) is 6. The van der Waals surface area contributed by atoms with E-state index in [1.54, 1.807) is 36.5 Å². The Hall–Kier alpha value is -3.22. The molecule has 0 unspecified atom stereocenters. The van der Waals surface area contributed by atoms with E-state index < -0.39 is 0 Å². The van der Waals surface area contributed by atoms with Crippen molar-refractivity contribution in [1.29, 1.82) is 0 Å². The molecule has 1 atom stereocenters. The number of amides is 1. The van der Waals surface area contributed by atoms with Crippen LogP contribution >= 0.6 is 0 Å². The van der Waals surface area contributed by atoms with E-state index in [1.807, 2.05) is 24.3 Å².